The van der Waals surface area contributed by atoms with E-state index in [2.05, 4.69) is 170 Å². The Morgan fingerprint density at radius 2 is 0.911 bits per heavy atom. The van der Waals surface area contributed by atoms with Crippen molar-refractivity contribution >= 4 is 21.9 Å². The number of para-hydroxylation sites is 1. The minimum absolute atomic E-state index is 0.463. The first-order valence-electron chi connectivity index (χ1n) is 19.1. The van der Waals surface area contributed by atoms with Gasteiger partial charge >= 0.3 is 0 Å². The molecule has 0 saturated carbocycles. The van der Waals surface area contributed by atoms with Gasteiger partial charge in [0.1, 0.15) is 11.2 Å². The van der Waals surface area contributed by atoms with E-state index in [1.807, 2.05) is 36.4 Å². The molecule has 0 unspecified atom stereocenters. The van der Waals surface area contributed by atoms with E-state index in [1.54, 1.807) is 0 Å². The molecule has 0 spiro atoms. The maximum Gasteiger partial charge on any atom is 0.160 e. The second-order valence-electron chi connectivity index (χ2n) is 14.5. The summed E-state index contributed by atoms with van der Waals surface area (Å²) in [4.78, 5) is 10.4. The Morgan fingerprint density at radius 1 is 0.357 bits per heavy atom. The molecule has 1 aliphatic carbocycles. The zero-order valence-corrected chi connectivity index (χ0v) is 30.4. The van der Waals surface area contributed by atoms with Gasteiger partial charge < -0.3 is 4.42 Å². The molecule has 0 N–H and O–H groups in total. The van der Waals surface area contributed by atoms with Gasteiger partial charge in [0.2, 0.25) is 0 Å². The first-order valence-corrected chi connectivity index (χ1v) is 19.1. The fourth-order valence-electron chi connectivity index (χ4n) is 8.92. The van der Waals surface area contributed by atoms with E-state index in [0.29, 0.717) is 5.82 Å². The fraction of sp³-hybridized carbons (Fsp3) is 0.0189. The molecule has 0 atom stereocenters. The quantitative estimate of drug-likeness (QED) is 0.172. The van der Waals surface area contributed by atoms with E-state index in [4.69, 9.17) is 14.4 Å². The lowest BCUT2D eigenvalue weighted by molar-refractivity contribution is 0.669. The first kappa shape index (κ1) is 32.1. The number of fused-ring (bicyclic) bond motifs is 6. The average molecular weight is 715 g/mol. The van der Waals surface area contributed by atoms with Crippen LogP contribution in [0.5, 0.6) is 0 Å². The van der Waals surface area contributed by atoms with Crippen molar-refractivity contribution in [1.82, 2.24) is 9.97 Å². The van der Waals surface area contributed by atoms with Gasteiger partial charge in [0.25, 0.3) is 0 Å². The molecule has 0 fully saturated rings. The van der Waals surface area contributed by atoms with Crippen molar-refractivity contribution in [2.45, 2.75) is 5.41 Å². The standard InChI is InChI=1S/C53H34N2O/c1-4-16-35(17-5-1)52-54-47(34-48(55-52)38-30-31-50-44(33-38)42-24-11-13-29-49(42)56-50)37-19-14-18-36(32-37)41-26-15-28-46-51(41)43-25-10-12-27-45(43)53(46,39-20-6-2-7-21-39)40-22-8-3-9-23-40/h1-34H. The van der Waals surface area contributed by atoms with Crippen LogP contribution in [-0.2, 0) is 5.41 Å². The molecule has 56 heavy (non-hydrogen) atoms. The molecule has 0 saturated heterocycles. The highest BCUT2D eigenvalue weighted by Crippen LogP contribution is 2.58. The molecule has 262 valence electrons. The number of furan rings is 1. The van der Waals surface area contributed by atoms with Crippen molar-refractivity contribution in [2.24, 2.45) is 0 Å². The Hall–Kier alpha value is -7.36. The molecular weight excluding hydrogens is 681 g/mol. The summed E-state index contributed by atoms with van der Waals surface area (Å²) in [6.45, 7) is 0. The summed E-state index contributed by atoms with van der Waals surface area (Å²) in [5, 5.41) is 2.16. The van der Waals surface area contributed by atoms with Crippen molar-refractivity contribution < 1.29 is 4.42 Å². The maximum absolute atomic E-state index is 6.17. The van der Waals surface area contributed by atoms with Crippen LogP contribution in [-0.4, -0.2) is 9.97 Å². The predicted molar refractivity (Wildman–Crippen MR) is 228 cm³/mol. The third-order valence-electron chi connectivity index (χ3n) is 11.4. The normalized spacial score (nSPS) is 12.8. The van der Waals surface area contributed by atoms with E-state index in [-0.39, 0.29) is 0 Å². The average Bonchev–Trinajstić information content (AvgIpc) is 3.81. The Balaban J connectivity index is 1.10. The summed E-state index contributed by atoms with van der Waals surface area (Å²) >= 11 is 0. The second-order valence-corrected chi connectivity index (χ2v) is 14.5. The van der Waals surface area contributed by atoms with E-state index in [0.717, 1.165) is 55.6 Å². The van der Waals surface area contributed by atoms with E-state index >= 15 is 0 Å². The minimum Gasteiger partial charge on any atom is -0.456 e. The largest absolute Gasteiger partial charge is 0.456 e. The van der Waals surface area contributed by atoms with E-state index < -0.39 is 5.41 Å². The van der Waals surface area contributed by atoms with Gasteiger partial charge in [0, 0.05) is 27.5 Å². The van der Waals surface area contributed by atoms with Gasteiger partial charge in [-0.15, -0.1) is 0 Å². The second kappa shape index (κ2) is 12.9. The monoisotopic (exact) mass is 714 g/mol. The van der Waals surface area contributed by atoms with Gasteiger partial charge in [-0.05, 0) is 80.9 Å². The van der Waals surface area contributed by atoms with Crippen LogP contribution >= 0.6 is 0 Å². The smallest absolute Gasteiger partial charge is 0.160 e. The number of benzene rings is 8. The molecule has 2 heterocycles. The third kappa shape index (κ3) is 4.98. The summed E-state index contributed by atoms with van der Waals surface area (Å²) in [7, 11) is 0. The summed E-state index contributed by atoms with van der Waals surface area (Å²) in [6.07, 6.45) is 0. The van der Waals surface area contributed by atoms with Crippen LogP contribution in [0.1, 0.15) is 22.3 Å². The lowest BCUT2D eigenvalue weighted by Gasteiger charge is -2.34. The number of aromatic nitrogens is 2. The molecular formula is C53H34N2O. The summed E-state index contributed by atoms with van der Waals surface area (Å²) < 4.78 is 6.17. The Morgan fingerprint density at radius 3 is 1.68 bits per heavy atom. The highest BCUT2D eigenvalue weighted by atomic mass is 16.3. The summed E-state index contributed by atoms with van der Waals surface area (Å²) in [6, 6.07) is 73.4. The van der Waals surface area contributed by atoms with Crippen molar-refractivity contribution in [1.29, 1.82) is 0 Å². The number of hydrogen-bond donors (Lipinski definition) is 0. The molecule has 10 aromatic rings. The lowest BCUT2D eigenvalue weighted by Crippen LogP contribution is -2.28. The van der Waals surface area contributed by atoms with Gasteiger partial charge in [0.05, 0.1) is 16.8 Å². The van der Waals surface area contributed by atoms with Crippen LogP contribution < -0.4 is 0 Å². The van der Waals surface area contributed by atoms with Gasteiger partial charge in [-0.1, -0.05) is 170 Å². The Labute approximate surface area is 325 Å². The zero-order chi connectivity index (χ0) is 37.1. The minimum atomic E-state index is -0.463. The van der Waals surface area contributed by atoms with Gasteiger partial charge in [-0.3, -0.25) is 0 Å². The van der Waals surface area contributed by atoms with Crippen LogP contribution in [0.2, 0.25) is 0 Å². The van der Waals surface area contributed by atoms with Crippen molar-refractivity contribution in [3.63, 3.8) is 0 Å². The summed E-state index contributed by atoms with van der Waals surface area (Å²) in [5.74, 6) is 0.686. The molecule has 0 radical (unpaired) electrons. The van der Waals surface area contributed by atoms with Crippen molar-refractivity contribution in [3.05, 3.63) is 229 Å². The Kier molecular flexibility index (Phi) is 7.39. The maximum atomic E-state index is 6.17. The molecule has 2 aromatic heterocycles. The van der Waals surface area contributed by atoms with Crippen molar-refractivity contribution in [3.8, 4) is 56.2 Å². The molecule has 8 aromatic carbocycles. The first-order chi connectivity index (χ1) is 27.8. The number of rotatable bonds is 6. The highest BCUT2D eigenvalue weighted by Gasteiger charge is 2.46. The van der Waals surface area contributed by atoms with Gasteiger partial charge in [0.15, 0.2) is 5.82 Å². The lowest BCUT2D eigenvalue weighted by atomic mass is 9.67. The van der Waals surface area contributed by atoms with Crippen LogP contribution in [0.15, 0.2) is 211 Å². The van der Waals surface area contributed by atoms with Crippen LogP contribution in [0, 0.1) is 0 Å². The Bertz CT molecular complexity index is 3040. The third-order valence-corrected chi connectivity index (χ3v) is 11.4. The van der Waals surface area contributed by atoms with Crippen LogP contribution in [0.3, 0.4) is 0 Å². The van der Waals surface area contributed by atoms with Crippen LogP contribution in [0.4, 0.5) is 0 Å². The molecule has 0 aliphatic heterocycles. The highest BCUT2D eigenvalue weighted by molar-refractivity contribution is 6.06. The molecule has 11 rings (SSSR count). The molecule has 0 amide bonds. The molecule has 3 heteroatoms. The number of hydrogen-bond acceptors (Lipinski definition) is 3. The van der Waals surface area contributed by atoms with Crippen molar-refractivity contribution in [2.75, 3.05) is 0 Å². The molecule has 0 bridgehead atoms. The van der Waals surface area contributed by atoms with E-state index in [1.165, 1.54) is 38.9 Å². The zero-order valence-electron chi connectivity index (χ0n) is 30.4. The van der Waals surface area contributed by atoms with Gasteiger partial charge in [-0.2, -0.15) is 0 Å². The van der Waals surface area contributed by atoms with Crippen LogP contribution in [0.25, 0.3) is 78.1 Å². The SMILES string of the molecule is c1ccc(-c2nc(-c3cccc(-c4cccc5c4-c4ccccc4C5(c4ccccc4)c4ccccc4)c3)cc(-c3ccc4oc5ccccc5c4c3)n2)cc1. The van der Waals surface area contributed by atoms with Gasteiger partial charge in [-0.25, -0.2) is 9.97 Å². The van der Waals surface area contributed by atoms with E-state index in [9.17, 15) is 0 Å². The molecule has 3 nitrogen and oxygen atoms in total. The summed E-state index contributed by atoms with van der Waals surface area (Å²) in [5.41, 5.74) is 16.0. The number of nitrogens with zero attached hydrogens (tertiary/aromatic N) is 2. The fourth-order valence-corrected chi connectivity index (χ4v) is 8.92. The predicted octanol–water partition coefficient (Wildman–Crippen LogP) is 13.4. The molecule has 1 aliphatic rings. The topological polar surface area (TPSA) is 38.9 Å².